The van der Waals surface area contributed by atoms with Gasteiger partial charge in [0, 0.05) is 25.6 Å². The monoisotopic (exact) mass is 247 g/mol. The Morgan fingerprint density at radius 1 is 1.69 bits per heavy atom. The van der Waals surface area contributed by atoms with E-state index in [9.17, 15) is 4.79 Å². The van der Waals surface area contributed by atoms with Crippen LogP contribution in [0.15, 0.2) is 10.6 Å². The lowest BCUT2D eigenvalue weighted by molar-refractivity contribution is -0.133. The fraction of sp³-hybridized carbons (Fsp3) is 0.600. The fourth-order valence-electron chi connectivity index (χ4n) is 1.29. The van der Waals surface area contributed by atoms with Gasteiger partial charge in [0.25, 0.3) is 0 Å². The Morgan fingerprint density at radius 3 is 2.75 bits per heavy atom. The van der Waals surface area contributed by atoms with Gasteiger partial charge in [0.1, 0.15) is 11.5 Å². The van der Waals surface area contributed by atoms with Gasteiger partial charge in [0.15, 0.2) is 0 Å². The average molecular weight is 248 g/mol. The molecule has 1 aromatic rings. The van der Waals surface area contributed by atoms with Crippen molar-refractivity contribution in [3.63, 3.8) is 0 Å². The van der Waals surface area contributed by atoms with Crippen molar-refractivity contribution in [2.45, 2.75) is 20.4 Å². The fourth-order valence-corrected chi connectivity index (χ4v) is 1.29. The first kappa shape index (κ1) is 14.9. The van der Waals surface area contributed by atoms with Crippen molar-refractivity contribution in [2.24, 2.45) is 11.7 Å². The number of carbonyl (C=O) groups excluding carboxylic acids is 1. The van der Waals surface area contributed by atoms with Gasteiger partial charge in [-0.05, 0) is 6.92 Å². The average Bonchev–Trinajstić information content (AvgIpc) is 2.61. The Kier molecular flexibility index (Phi) is 6.06. The Morgan fingerprint density at radius 2 is 2.31 bits per heavy atom. The van der Waals surface area contributed by atoms with E-state index in [1.807, 2.05) is 19.9 Å². The number of hydrogen-bond acceptors (Lipinski definition) is 4. The molecule has 0 bridgehead atoms. The molecule has 92 valence electrons. The summed E-state index contributed by atoms with van der Waals surface area (Å²) >= 11 is 0. The van der Waals surface area contributed by atoms with Crippen LogP contribution in [0.4, 0.5) is 0 Å². The highest BCUT2D eigenvalue weighted by Crippen LogP contribution is 2.07. The first-order valence-electron chi connectivity index (χ1n) is 4.91. The minimum Gasteiger partial charge on any atom is -0.361 e. The van der Waals surface area contributed by atoms with E-state index in [4.69, 9.17) is 10.3 Å². The number of halogens is 1. The number of aromatic nitrogens is 1. The first-order chi connectivity index (χ1) is 7.04. The molecule has 1 aromatic heterocycles. The van der Waals surface area contributed by atoms with E-state index in [2.05, 4.69) is 5.16 Å². The van der Waals surface area contributed by atoms with Crippen molar-refractivity contribution in [1.29, 1.82) is 0 Å². The van der Waals surface area contributed by atoms with Gasteiger partial charge in [0.2, 0.25) is 5.91 Å². The summed E-state index contributed by atoms with van der Waals surface area (Å²) in [6.07, 6.45) is 0. The minimum absolute atomic E-state index is 0. The molecule has 0 spiro atoms. The molecule has 0 saturated carbocycles. The third-order valence-electron chi connectivity index (χ3n) is 2.23. The predicted octanol–water partition coefficient (Wildman–Crippen LogP) is 0.958. The normalized spacial score (nSPS) is 11.8. The summed E-state index contributed by atoms with van der Waals surface area (Å²) in [5, 5.41) is 3.82. The molecule has 1 atom stereocenters. The highest BCUT2D eigenvalue weighted by molar-refractivity contribution is 5.85. The molecule has 0 aromatic carbocycles. The van der Waals surface area contributed by atoms with Crippen LogP contribution in [-0.2, 0) is 11.3 Å². The van der Waals surface area contributed by atoms with Gasteiger partial charge in [-0.15, -0.1) is 12.4 Å². The van der Waals surface area contributed by atoms with Gasteiger partial charge in [-0.25, -0.2) is 0 Å². The van der Waals surface area contributed by atoms with Crippen LogP contribution in [0.5, 0.6) is 0 Å². The Balaban J connectivity index is 0.00000225. The zero-order valence-corrected chi connectivity index (χ0v) is 10.6. The molecular weight excluding hydrogens is 230 g/mol. The second kappa shape index (κ2) is 6.50. The number of carbonyl (C=O) groups is 1. The van der Waals surface area contributed by atoms with Crippen molar-refractivity contribution in [1.82, 2.24) is 10.1 Å². The molecule has 1 heterocycles. The molecule has 2 N–H and O–H groups in total. The highest BCUT2D eigenvalue weighted by Gasteiger charge is 2.16. The summed E-state index contributed by atoms with van der Waals surface area (Å²) in [6.45, 7) is 4.45. The van der Waals surface area contributed by atoms with Crippen molar-refractivity contribution >= 4 is 18.3 Å². The minimum atomic E-state index is -0.150. The molecule has 0 aliphatic rings. The number of rotatable bonds is 4. The number of aryl methyl sites for hydroxylation is 1. The molecule has 0 radical (unpaired) electrons. The zero-order chi connectivity index (χ0) is 11.4. The standard InChI is InChI=1S/C10H17N3O2.ClH/c1-7(5-11)10(14)13(3)6-9-4-8(2)15-12-9;/h4,7H,5-6,11H2,1-3H3;1H. The van der Waals surface area contributed by atoms with E-state index in [-0.39, 0.29) is 24.2 Å². The molecule has 0 aliphatic heterocycles. The van der Waals surface area contributed by atoms with Crippen LogP contribution in [-0.4, -0.2) is 29.6 Å². The summed E-state index contributed by atoms with van der Waals surface area (Å²) in [6, 6.07) is 1.82. The predicted molar refractivity (Wildman–Crippen MR) is 63.2 cm³/mol. The largest absolute Gasteiger partial charge is 0.361 e. The van der Waals surface area contributed by atoms with Gasteiger partial charge >= 0.3 is 0 Å². The molecule has 0 fully saturated rings. The molecule has 6 heteroatoms. The maximum atomic E-state index is 11.7. The van der Waals surface area contributed by atoms with Crippen LogP contribution >= 0.6 is 12.4 Å². The van der Waals surface area contributed by atoms with Crippen LogP contribution < -0.4 is 5.73 Å². The Bertz CT molecular complexity index is 341. The summed E-state index contributed by atoms with van der Waals surface area (Å²) in [5.74, 6) is 0.624. The summed E-state index contributed by atoms with van der Waals surface area (Å²) in [7, 11) is 1.73. The Labute approximate surface area is 101 Å². The quantitative estimate of drug-likeness (QED) is 0.860. The first-order valence-corrected chi connectivity index (χ1v) is 4.91. The van der Waals surface area contributed by atoms with E-state index >= 15 is 0 Å². The van der Waals surface area contributed by atoms with Gasteiger partial charge in [-0.2, -0.15) is 0 Å². The van der Waals surface area contributed by atoms with Crippen molar-refractivity contribution in [3.8, 4) is 0 Å². The molecule has 1 unspecified atom stereocenters. The van der Waals surface area contributed by atoms with Gasteiger partial charge in [-0.3, -0.25) is 4.79 Å². The highest BCUT2D eigenvalue weighted by atomic mass is 35.5. The third-order valence-corrected chi connectivity index (χ3v) is 2.23. The van der Waals surface area contributed by atoms with E-state index in [0.29, 0.717) is 13.1 Å². The maximum Gasteiger partial charge on any atom is 0.226 e. The molecule has 16 heavy (non-hydrogen) atoms. The summed E-state index contributed by atoms with van der Waals surface area (Å²) in [4.78, 5) is 13.3. The van der Waals surface area contributed by atoms with E-state index in [0.717, 1.165) is 11.5 Å². The molecule has 0 saturated heterocycles. The lowest BCUT2D eigenvalue weighted by atomic mass is 10.1. The molecule has 1 rings (SSSR count). The summed E-state index contributed by atoms with van der Waals surface area (Å²) in [5.41, 5.74) is 6.18. The second-order valence-electron chi connectivity index (χ2n) is 3.76. The molecule has 0 aliphatic carbocycles. The van der Waals surface area contributed by atoms with Crippen LogP contribution in [0.2, 0.25) is 0 Å². The van der Waals surface area contributed by atoms with Gasteiger partial charge in [-0.1, -0.05) is 12.1 Å². The summed E-state index contributed by atoms with van der Waals surface area (Å²) < 4.78 is 4.92. The number of amides is 1. The number of nitrogens with zero attached hydrogens (tertiary/aromatic N) is 2. The van der Waals surface area contributed by atoms with Gasteiger partial charge < -0.3 is 15.2 Å². The smallest absolute Gasteiger partial charge is 0.226 e. The zero-order valence-electron chi connectivity index (χ0n) is 9.77. The lowest BCUT2D eigenvalue weighted by Gasteiger charge is -2.19. The van der Waals surface area contributed by atoms with Crippen molar-refractivity contribution in [3.05, 3.63) is 17.5 Å². The molecular formula is C10H18ClN3O2. The van der Waals surface area contributed by atoms with Gasteiger partial charge in [0.05, 0.1) is 6.54 Å². The van der Waals surface area contributed by atoms with Crippen LogP contribution in [0, 0.1) is 12.8 Å². The molecule has 5 nitrogen and oxygen atoms in total. The molecule has 1 amide bonds. The number of nitrogens with two attached hydrogens (primary N) is 1. The number of hydrogen-bond donors (Lipinski definition) is 1. The topological polar surface area (TPSA) is 72.4 Å². The van der Waals surface area contributed by atoms with Crippen LogP contribution in [0.3, 0.4) is 0 Å². The Hall–Kier alpha value is -1.07. The third kappa shape index (κ3) is 3.83. The van der Waals surface area contributed by atoms with E-state index in [1.165, 1.54) is 0 Å². The van der Waals surface area contributed by atoms with Crippen LogP contribution in [0.25, 0.3) is 0 Å². The second-order valence-corrected chi connectivity index (χ2v) is 3.76. The lowest BCUT2D eigenvalue weighted by Crippen LogP contribution is -2.34. The van der Waals surface area contributed by atoms with Crippen molar-refractivity contribution < 1.29 is 9.32 Å². The van der Waals surface area contributed by atoms with Crippen LogP contribution in [0.1, 0.15) is 18.4 Å². The van der Waals surface area contributed by atoms with E-state index in [1.54, 1.807) is 11.9 Å². The maximum absolute atomic E-state index is 11.7. The SMILES string of the molecule is Cc1cc(CN(C)C(=O)C(C)CN)no1.Cl. The van der Waals surface area contributed by atoms with E-state index < -0.39 is 0 Å². The van der Waals surface area contributed by atoms with Crippen molar-refractivity contribution in [2.75, 3.05) is 13.6 Å².